The van der Waals surface area contributed by atoms with Crippen molar-refractivity contribution in [2.45, 2.75) is 86.0 Å². The first kappa shape index (κ1) is 26.2. The molecule has 0 atom stereocenters. The van der Waals surface area contributed by atoms with Gasteiger partial charge in [0.15, 0.2) is 0 Å². The molecular formula is C20H45NPRu+4. The Bertz CT molecular complexity index is 210. The number of rotatable bonds is 16. The molecule has 0 aliphatic heterocycles. The zero-order chi connectivity index (χ0) is 16.7. The van der Waals surface area contributed by atoms with Crippen LogP contribution in [0.5, 0.6) is 0 Å². The third-order valence-electron chi connectivity index (χ3n) is 5.21. The van der Waals surface area contributed by atoms with Crippen molar-refractivity contribution in [3.05, 3.63) is 0 Å². The summed E-state index contributed by atoms with van der Waals surface area (Å²) in [5, 5.41) is 0. The molecule has 0 aromatic rings. The van der Waals surface area contributed by atoms with E-state index in [1.807, 2.05) is 0 Å². The molecule has 0 fully saturated rings. The molecule has 0 saturated carbocycles. The van der Waals surface area contributed by atoms with Gasteiger partial charge in [0.25, 0.3) is 0 Å². The molecule has 139 valence electrons. The van der Waals surface area contributed by atoms with E-state index in [1.54, 1.807) is 24.6 Å². The van der Waals surface area contributed by atoms with Crippen LogP contribution in [0.1, 0.15) is 86.0 Å². The van der Waals surface area contributed by atoms with Crippen LogP contribution in [0.3, 0.4) is 0 Å². The monoisotopic (exact) mass is 432 g/mol. The Balaban J connectivity index is 0. The zero-order valence-electron chi connectivity index (χ0n) is 16.9. The molecule has 0 bridgehead atoms. The Kier molecular flexibility index (Phi) is 20.3. The predicted molar refractivity (Wildman–Crippen MR) is 108 cm³/mol. The Labute approximate surface area is 161 Å². The Morgan fingerprint density at radius 2 is 0.957 bits per heavy atom. The van der Waals surface area contributed by atoms with E-state index in [0.717, 1.165) is 0 Å². The summed E-state index contributed by atoms with van der Waals surface area (Å²) in [7, 11) is -0.641. The van der Waals surface area contributed by atoms with Gasteiger partial charge in [-0.05, 0) is 51.7 Å². The summed E-state index contributed by atoms with van der Waals surface area (Å²) in [6.45, 7) is 15.5. The van der Waals surface area contributed by atoms with Gasteiger partial charge in [-0.3, -0.25) is 0 Å². The first-order valence-electron chi connectivity index (χ1n) is 10.2. The maximum absolute atomic E-state index is 2.59. The SMILES string of the molecule is CCCC[P+](CCCC)(CCCC)CCCCN(CC)CC.[Ru+3]. The van der Waals surface area contributed by atoms with E-state index in [1.165, 1.54) is 71.0 Å². The van der Waals surface area contributed by atoms with Crippen molar-refractivity contribution in [3.63, 3.8) is 0 Å². The van der Waals surface area contributed by atoms with Crippen molar-refractivity contribution in [2.75, 3.05) is 44.3 Å². The van der Waals surface area contributed by atoms with E-state index in [2.05, 4.69) is 39.5 Å². The van der Waals surface area contributed by atoms with Crippen molar-refractivity contribution in [1.82, 2.24) is 4.90 Å². The molecule has 0 saturated heterocycles. The second-order valence-electron chi connectivity index (χ2n) is 7.03. The quantitative estimate of drug-likeness (QED) is 0.153. The average molecular weight is 432 g/mol. The van der Waals surface area contributed by atoms with Gasteiger partial charge in [0.2, 0.25) is 0 Å². The van der Waals surface area contributed by atoms with Crippen LogP contribution in [0.15, 0.2) is 0 Å². The Hall–Kier alpha value is 1.01. The number of hydrogen-bond donors (Lipinski definition) is 0. The second-order valence-corrected chi connectivity index (χ2v) is 11.5. The first-order valence-corrected chi connectivity index (χ1v) is 12.8. The minimum absolute atomic E-state index is 0. The zero-order valence-corrected chi connectivity index (χ0v) is 19.5. The van der Waals surface area contributed by atoms with Crippen molar-refractivity contribution < 1.29 is 19.5 Å². The second kappa shape index (κ2) is 17.8. The third-order valence-corrected chi connectivity index (χ3v) is 10.3. The molecule has 3 heteroatoms. The summed E-state index contributed by atoms with van der Waals surface area (Å²) >= 11 is 0. The molecule has 0 heterocycles. The van der Waals surface area contributed by atoms with Crippen LogP contribution in [0.2, 0.25) is 0 Å². The summed E-state index contributed by atoms with van der Waals surface area (Å²) in [6.07, 6.45) is 17.9. The molecular weight excluding hydrogens is 386 g/mol. The summed E-state index contributed by atoms with van der Waals surface area (Å²) in [6, 6.07) is 0. The Morgan fingerprint density at radius 3 is 1.30 bits per heavy atom. The molecule has 0 unspecified atom stereocenters. The topological polar surface area (TPSA) is 3.24 Å². The average Bonchev–Trinajstić information content (AvgIpc) is 2.56. The van der Waals surface area contributed by atoms with E-state index >= 15 is 0 Å². The van der Waals surface area contributed by atoms with Gasteiger partial charge < -0.3 is 4.90 Å². The maximum atomic E-state index is 2.59. The van der Waals surface area contributed by atoms with E-state index in [9.17, 15) is 0 Å². The van der Waals surface area contributed by atoms with Crippen LogP contribution < -0.4 is 0 Å². The van der Waals surface area contributed by atoms with Crippen molar-refractivity contribution in [3.8, 4) is 0 Å². The van der Waals surface area contributed by atoms with Crippen LogP contribution >= 0.6 is 7.26 Å². The van der Waals surface area contributed by atoms with Gasteiger partial charge in [-0.2, -0.15) is 0 Å². The number of nitrogens with zero attached hydrogens (tertiary/aromatic N) is 1. The van der Waals surface area contributed by atoms with Gasteiger partial charge in [-0.15, -0.1) is 0 Å². The molecule has 0 rings (SSSR count). The van der Waals surface area contributed by atoms with Crippen LogP contribution in [-0.2, 0) is 19.5 Å². The molecule has 1 radical (unpaired) electrons. The largest absolute Gasteiger partial charge is 3.00 e. The van der Waals surface area contributed by atoms with Gasteiger partial charge >= 0.3 is 19.5 Å². The van der Waals surface area contributed by atoms with Crippen molar-refractivity contribution in [2.24, 2.45) is 0 Å². The predicted octanol–water partition coefficient (Wildman–Crippen LogP) is 6.52. The molecule has 0 amide bonds. The molecule has 0 aromatic heterocycles. The van der Waals surface area contributed by atoms with Crippen LogP contribution in [0, 0.1) is 0 Å². The molecule has 23 heavy (non-hydrogen) atoms. The minimum atomic E-state index is -0.641. The maximum Gasteiger partial charge on any atom is 3.00 e. The molecule has 0 aromatic carbocycles. The summed E-state index contributed by atoms with van der Waals surface area (Å²) in [4.78, 5) is 2.59. The molecule has 0 aliphatic rings. The van der Waals surface area contributed by atoms with E-state index in [-0.39, 0.29) is 19.5 Å². The van der Waals surface area contributed by atoms with E-state index in [0.29, 0.717) is 0 Å². The van der Waals surface area contributed by atoms with Gasteiger partial charge in [0.05, 0.1) is 24.6 Å². The fraction of sp³-hybridized carbons (Fsp3) is 1.00. The summed E-state index contributed by atoms with van der Waals surface area (Å²) in [5.74, 6) is 0. The molecule has 0 aliphatic carbocycles. The minimum Gasteiger partial charge on any atom is -0.304 e. The normalized spacial score (nSPS) is 11.7. The van der Waals surface area contributed by atoms with Gasteiger partial charge in [-0.1, -0.05) is 53.9 Å². The van der Waals surface area contributed by atoms with Gasteiger partial charge in [-0.25, -0.2) is 0 Å². The van der Waals surface area contributed by atoms with Crippen LogP contribution in [0.25, 0.3) is 0 Å². The molecule has 1 nitrogen and oxygen atoms in total. The van der Waals surface area contributed by atoms with Gasteiger partial charge in [0, 0.05) is 7.26 Å². The van der Waals surface area contributed by atoms with Crippen LogP contribution in [0.4, 0.5) is 0 Å². The Morgan fingerprint density at radius 1 is 0.565 bits per heavy atom. The van der Waals surface area contributed by atoms with Crippen molar-refractivity contribution >= 4 is 7.26 Å². The molecule has 0 N–H and O–H groups in total. The first-order chi connectivity index (χ1) is 10.7. The summed E-state index contributed by atoms with van der Waals surface area (Å²) < 4.78 is 0. The van der Waals surface area contributed by atoms with E-state index < -0.39 is 7.26 Å². The summed E-state index contributed by atoms with van der Waals surface area (Å²) in [5.41, 5.74) is 0. The standard InChI is InChI=1S/C20H45NP.Ru/c1-6-11-17-22(18-12-7-2,19-13-8-3)20-15-14-16-21(9-4)10-5;/h6-20H2,1-5H3;/q+1;+3. The third kappa shape index (κ3) is 12.9. The molecule has 0 spiro atoms. The van der Waals surface area contributed by atoms with E-state index in [4.69, 9.17) is 0 Å². The number of unbranched alkanes of at least 4 members (excludes halogenated alkanes) is 4. The van der Waals surface area contributed by atoms with Crippen molar-refractivity contribution in [1.29, 1.82) is 0 Å². The fourth-order valence-electron chi connectivity index (χ4n) is 3.47. The smallest absolute Gasteiger partial charge is 0.304 e. The fourth-order valence-corrected chi connectivity index (χ4v) is 8.67. The number of hydrogen-bond acceptors (Lipinski definition) is 1. The van der Waals surface area contributed by atoms with Gasteiger partial charge in [0.1, 0.15) is 0 Å². The van der Waals surface area contributed by atoms with Crippen LogP contribution in [-0.4, -0.2) is 49.2 Å².